The van der Waals surface area contributed by atoms with Gasteiger partial charge in [-0.3, -0.25) is 0 Å². The van der Waals surface area contributed by atoms with E-state index in [1.807, 2.05) is 19.1 Å². The fourth-order valence-electron chi connectivity index (χ4n) is 1.39. The molecule has 1 aliphatic carbocycles. The second-order valence-corrected chi connectivity index (χ2v) is 4.26. The van der Waals surface area contributed by atoms with Gasteiger partial charge in [-0.15, -0.1) is 11.3 Å². The lowest BCUT2D eigenvalue weighted by atomic mass is 9.99. The van der Waals surface area contributed by atoms with E-state index in [2.05, 4.69) is 0 Å². The summed E-state index contributed by atoms with van der Waals surface area (Å²) in [5.41, 5.74) is 0.854. The molecule has 2 rings (SSSR count). The van der Waals surface area contributed by atoms with Crippen molar-refractivity contribution in [2.45, 2.75) is 19.1 Å². The number of hydrogen-bond acceptors (Lipinski definition) is 3. The van der Waals surface area contributed by atoms with E-state index in [9.17, 15) is 10.2 Å². The monoisotopic (exact) mass is 182 g/mol. The number of fused-ring (bicyclic) bond motifs is 1. The Morgan fingerprint density at radius 2 is 2.17 bits per heavy atom. The third-order valence-corrected chi connectivity index (χ3v) is 3.03. The minimum Gasteiger partial charge on any atom is -0.386 e. The summed E-state index contributed by atoms with van der Waals surface area (Å²) in [5.74, 6) is 0. The molecule has 2 N–H and O–H groups in total. The molecule has 1 aliphatic rings. The number of thiophene rings is 1. The largest absolute Gasteiger partial charge is 0.386 e. The highest BCUT2D eigenvalue weighted by atomic mass is 32.1. The Labute approximate surface area is 74.8 Å². The molecule has 2 unspecified atom stereocenters. The predicted molar refractivity (Wildman–Crippen MR) is 49.1 cm³/mol. The summed E-state index contributed by atoms with van der Waals surface area (Å²) in [7, 11) is 0. The van der Waals surface area contributed by atoms with Gasteiger partial charge in [0, 0.05) is 15.3 Å². The van der Waals surface area contributed by atoms with Crippen LogP contribution >= 0.6 is 11.3 Å². The summed E-state index contributed by atoms with van der Waals surface area (Å²) in [4.78, 5) is 2.23. The third kappa shape index (κ3) is 1.10. The Kier molecular flexibility index (Phi) is 1.79. The van der Waals surface area contributed by atoms with Crippen LogP contribution in [0.25, 0.3) is 6.08 Å². The van der Waals surface area contributed by atoms with E-state index in [4.69, 9.17) is 0 Å². The first-order valence-electron chi connectivity index (χ1n) is 3.83. The Hall–Kier alpha value is -0.640. The van der Waals surface area contributed by atoms with Gasteiger partial charge in [0.15, 0.2) is 0 Å². The Morgan fingerprint density at radius 3 is 2.92 bits per heavy atom. The van der Waals surface area contributed by atoms with Crippen LogP contribution < -0.4 is 0 Å². The fourth-order valence-corrected chi connectivity index (χ4v) is 2.37. The molecule has 0 amide bonds. The summed E-state index contributed by atoms with van der Waals surface area (Å²) in [6, 6.07) is 1.93. The number of aryl methyl sites for hydroxylation is 1. The molecular weight excluding hydrogens is 172 g/mol. The van der Waals surface area contributed by atoms with Crippen LogP contribution in [-0.2, 0) is 0 Å². The Balaban J connectivity index is 2.50. The van der Waals surface area contributed by atoms with Crippen molar-refractivity contribution < 1.29 is 10.2 Å². The molecule has 0 radical (unpaired) electrons. The SMILES string of the molecule is Cc1cc2c(s1)C=CC(O)C2O. The molecule has 2 atom stereocenters. The van der Waals surface area contributed by atoms with Gasteiger partial charge >= 0.3 is 0 Å². The summed E-state index contributed by atoms with van der Waals surface area (Å²) >= 11 is 1.64. The van der Waals surface area contributed by atoms with Crippen LogP contribution in [0.1, 0.15) is 21.4 Å². The first-order chi connectivity index (χ1) is 5.68. The van der Waals surface area contributed by atoms with E-state index in [0.717, 1.165) is 15.3 Å². The number of rotatable bonds is 0. The molecule has 0 bridgehead atoms. The predicted octanol–water partition coefficient (Wildman–Crippen LogP) is 1.48. The molecule has 1 heterocycles. The summed E-state index contributed by atoms with van der Waals surface area (Å²) in [6.07, 6.45) is 2.01. The molecule has 2 nitrogen and oxygen atoms in total. The molecule has 0 saturated carbocycles. The highest BCUT2D eigenvalue weighted by Gasteiger charge is 2.23. The van der Waals surface area contributed by atoms with Crippen molar-refractivity contribution in [1.82, 2.24) is 0 Å². The maximum Gasteiger partial charge on any atom is 0.110 e. The van der Waals surface area contributed by atoms with E-state index in [1.54, 1.807) is 17.4 Å². The Bertz CT molecular complexity index is 327. The molecule has 0 aromatic carbocycles. The van der Waals surface area contributed by atoms with Crippen LogP contribution in [0.5, 0.6) is 0 Å². The van der Waals surface area contributed by atoms with Gasteiger partial charge in [0.2, 0.25) is 0 Å². The Morgan fingerprint density at radius 1 is 1.42 bits per heavy atom. The lowest BCUT2D eigenvalue weighted by Crippen LogP contribution is -2.17. The summed E-state index contributed by atoms with van der Waals surface area (Å²) in [6.45, 7) is 2.00. The molecule has 64 valence electrons. The summed E-state index contributed by atoms with van der Waals surface area (Å²) < 4.78 is 0. The normalized spacial score (nSPS) is 27.2. The highest BCUT2D eigenvalue weighted by Crippen LogP contribution is 2.33. The van der Waals surface area contributed by atoms with Gasteiger partial charge in [-0.05, 0) is 19.1 Å². The zero-order chi connectivity index (χ0) is 8.72. The molecule has 0 aliphatic heterocycles. The lowest BCUT2D eigenvalue weighted by Gasteiger charge is -2.18. The van der Waals surface area contributed by atoms with Gasteiger partial charge in [-0.2, -0.15) is 0 Å². The second-order valence-electron chi connectivity index (χ2n) is 2.97. The summed E-state index contributed by atoms with van der Waals surface area (Å²) in [5, 5.41) is 18.9. The van der Waals surface area contributed by atoms with E-state index in [1.165, 1.54) is 0 Å². The average Bonchev–Trinajstić information content (AvgIpc) is 2.39. The first-order valence-corrected chi connectivity index (χ1v) is 4.65. The van der Waals surface area contributed by atoms with Crippen molar-refractivity contribution in [1.29, 1.82) is 0 Å². The maximum absolute atomic E-state index is 9.55. The molecule has 0 saturated heterocycles. The van der Waals surface area contributed by atoms with Crippen LogP contribution in [0, 0.1) is 6.92 Å². The zero-order valence-electron chi connectivity index (χ0n) is 6.69. The van der Waals surface area contributed by atoms with Crippen molar-refractivity contribution in [2.75, 3.05) is 0 Å². The molecule has 0 fully saturated rings. The van der Waals surface area contributed by atoms with Gasteiger partial charge < -0.3 is 10.2 Å². The first kappa shape index (κ1) is 7.98. The van der Waals surface area contributed by atoms with Crippen LogP contribution in [0.3, 0.4) is 0 Å². The molecule has 0 spiro atoms. The lowest BCUT2D eigenvalue weighted by molar-refractivity contribution is 0.0474. The van der Waals surface area contributed by atoms with Crippen molar-refractivity contribution in [3.05, 3.63) is 27.5 Å². The average molecular weight is 182 g/mol. The van der Waals surface area contributed by atoms with E-state index in [-0.39, 0.29) is 0 Å². The zero-order valence-corrected chi connectivity index (χ0v) is 7.51. The minimum atomic E-state index is -0.744. The quantitative estimate of drug-likeness (QED) is 0.638. The molecule has 1 aromatic rings. The molecule has 12 heavy (non-hydrogen) atoms. The van der Waals surface area contributed by atoms with Gasteiger partial charge in [-0.1, -0.05) is 6.08 Å². The highest BCUT2D eigenvalue weighted by molar-refractivity contribution is 7.13. The van der Waals surface area contributed by atoms with Gasteiger partial charge in [-0.25, -0.2) is 0 Å². The van der Waals surface area contributed by atoms with Gasteiger partial charge in [0.1, 0.15) is 12.2 Å². The van der Waals surface area contributed by atoms with Crippen LogP contribution in [0.15, 0.2) is 12.1 Å². The fraction of sp³-hybridized carbons (Fsp3) is 0.333. The van der Waals surface area contributed by atoms with Crippen LogP contribution in [0.4, 0.5) is 0 Å². The number of aliphatic hydroxyl groups excluding tert-OH is 2. The topological polar surface area (TPSA) is 40.5 Å². The third-order valence-electron chi connectivity index (χ3n) is 2.00. The van der Waals surface area contributed by atoms with Crippen LogP contribution in [-0.4, -0.2) is 16.3 Å². The van der Waals surface area contributed by atoms with Crippen molar-refractivity contribution in [3.8, 4) is 0 Å². The molecule has 1 aromatic heterocycles. The van der Waals surface area contributed by atoms with Crippen molar-refractivity contribution in [2.24, 2.45) is 0 Å². The van der Waals surface area contributed by atoms with Crippen molar-refractivity contribution in [3.63, 3.8) is 0 Å². The van der Waals surface area contributed by atoms with E-state index < -0.39 is 12.2 Å². The number of hydrogen-bond donors (Lipinski definition) is 2. The second kappa shape index (κ2) is 2.69. The minimum absolute atomic E-state index is 0.741. The van der Waals surface area contributed by atoms with E-state index >= 15 is 0 Å². The number of aliphatic hydroxyl groups is 2. The van der Waals surface area contributed by atoms with Crippen molar-refractivity contribution >= 4 is 17.4 Å². The smallest absolute Gasteiger partial charge is 0.110 e. The molecular formula is C9H10O2S. The van der Waals surface area contributed by atoms with Gasteiger partial charge in [0.25, 0.3) is 0 Å². The standard InChI is InChI=1S/C9H10O2S/c1-5-4-6-8(12-5)3-2-7(10)9(6)11/h2-4,7,9-11H,1H3. The van der Waals surface area contributed by atoms with E-state index in [0.29, 0.717) is 0 Å². The van der Waals surface area contributed by atoms with Gasteiger partial charge in [0.05, 0.1) is 0 Å². The van der Waals surface area contributed by atoms with Crippen LogP contribution in [0.2, 0.25) is 0 Å². The molecule has 3 heteroatoms. The maximum atomic E-state index is 9.55.